The second kappa shape index (κ2) is 5.26. The Morgan fingerprint density at radius 3 is 2.94 bits per heavy atom. The number of anilines is 1. The molecule has 4 nitrogen and oxygen atoms in total. The molecule has 1 amide bonds. The number of nitrogen functional groups attached to an aromatic ring is 1. The molecule has 96 valence electrons. The summed E-state index contributed by atoms with van der Waals surface area (Å²) in [6.45, 7) is 0.245. The predicted molar refractivity (Wildman–Crippen MR) is 78.0 cm³/mol. The third-order valence-corrected chi connectivity index (χ3v) is 4.32. The zero-order chi connectivity index (χ0) is 13.3. The second-order valence-electron chi connectivity index (χ2n) is 3.94. The van der Waals surface area contributed by atoms with Crippen LogP contribution >= 0.6 is 27.3 Å². The number of rotatable bonds is 3. The van der Waals surface area contributed by atoms with Crippen LogP contribution in [0.4, 0.5) is 5.69 Å². The van der Waals surface area contributed by atoms with E-state index in [9.17, 15) is 4.79 Å². The summed E-state index contributed by atoms with van der Waals surface area (Å²) in [4.78, 5) is 14.1. The Morgan fingerprint density at radius 1 is 1.56 bits per heavy atom. The van der Waals surface area contributed by atoms with Gasteiger partial charge in [-0.05, 0) is 12.1 Å². The average Bonchev–Trinajstić information content (AvgIpc) is 2.65. The quantitative estimate of drug-likeness (QED) is 0.908. The van der Waals surface area contributed by atoms with Crippen LogP contribution in [0.2, 0.25) is 0 Å². The van der Waals surface area contributed by atoms with Gasteiger partial charge in [0.25, 0.3) is 5.91 Å². The lowest BCUT2D eigenvalue weighted by atomic mass is 10.2. The van der Waals surface area contributed by atoms with Crippen LogP contribution in [-0.4, -0.2) is 36.1 Å². The number of likely N-dealkylation sites (N-methyl/N-ethyl adjacent to an activating group) is 1. The van der Waals surface area contributed by atoms with Crippen LogP contribution in [0.5, 0.6) is 0 Å². The van der Waals surface area contributed by atoms with E-state index in [-0.39, 0.29) is 12.5 Å². The van der Waals surface area contributed by atoms with Gasteiger partial charge in [0.15, 0.2) is 0 Å². The van der Waals surface area contributed by atoms with Crippen molar-refractivity contribution in [3.8, 4) is 0 Å². The molecule has 0 spiro atoms. The van der Waals surface area contributed by atoms with Crippen molar-refractivity contribution in [2.45, 2.75) is 0 Å². The lowest BCUT2D eigenvalue weighted by Gasteiger charge is -2.14. The van der Waals surface area contributed by atoms with E-state index >= 15 is 0 Å². The van der Waals surface area contributed by atoms with E-state index in [4.69, 9.17) is 10.8 Å². The van der Waals surface area contributed by atoms with Crippen molar-refractivity contribution in [2.75, 3.05) is 25.9 Å². The van der Waals surface area contributed by atoms with Gasteiger partial charge in [-0.3, -0.25) is 4.79 Å². The molecule has 0 aliphatic carbocycles. The summed E-state index contributed by atoms with van der Waals surface area (Å²) in [5, 5.41) is 9.74. The van der Waals surface area contributed by atoms with E-state index in [2.05, 4.69) is 15.9 Å². The topological polar surface area (TPSA) is 66.6 Å². The van der Waals surface area contributed by atoms with Crippen molar-refractivity contribution in [3.05, 3.63) is 27.5 Å². The van der Waals surface area contributed by atoms with Crippen LogP contribution in [0.25, 0.3) is 10.1 Å². The molecule has 1 aromatic carbocycles. The fourth-order valence-electron chi connectivity index (χ4n) is 1.67. The molecule has 0 radical (unpaired) electrons. The standard InChI is InChI=1S/C12H13BrN2O2S/c1-15(4-5-16)12(17)11-10(14)8-3-2-7(13)6-9(8)18-11/h2-3,6,16H,4-5,14H2,1H3. The Bertz CT molecular complexity index is 597. The molecular weight excluding hydrogens is 316 g/mol. The molecule has 0 bridgehead atoms. The number of hydrogen-bond acceptors (Lipinski definition) is 4. The number of benzene rings is 1. The SMILES string of the molecule is CN(CCO)C(=O)c1sc2cc(Br)ccc2c1N. The molecule has 1 heterocycles. The molecule has 0 saturated heterocycles. The third kappa shape index (κ3) is 2.36. The van der Waals surface area contributed by atoms with E-state index in [0.29, 0.717) is 17.1 Å². The van der Waals surface area contributed by atoms with Gasteiger partial charge in [0, 0.05) is 28.2 Å². The van der Waals surface area contributed by atoms with Gasteiger partial charge in [0.1, 0.15) is 4.88 Å². The molecule has 2 rings (SSSR count). The van der Waals surface area contributed by atoms with Crippen LogP contribution in [0.15, 0.2) is 22.7 Å². The minimum Gasteiger partial charge on any atom is -0.397 e. The third-order valence-electron chi connectivity index (χ3n) is 2.67. The largest absolute Gasteiger partial charge is 0.397 e. The van der Waals surface area contributed by atoms with Crippen LogP contribution in [0, 0.1) is 0 Å². The van der Waals surface area contributed by atoms with E-state index in [0.717, 1.165) is 14.6 Å². The van der Waals surface area contributed by atoms with Gasteiger partial charge < -0.3 is 15.7 Å². The summed E-state index contributed by atoms with van der Waals surface area (Å²) >= 11 is 4.77. The number of aliphatic hydroxyl groups is 1. The highest BCUT2D eigenvalue weighted by Crippen LogP contribution is 2.35. The molecule has 0 aliphatic heterocycles. The molecule has 0 aliphatic rings. The van der Waals surface area contributed by atoms with Gasteiger partial charge in [-0.15, -0.1) is 11.3 Å². The van der Waals surface area contributed by atoms with Gasteiger partial charge in [0.2, 0.25) is 0 Å². The molecule has 18 heavy (non-hydrogen) atoms. The Labute approximate surface area is 117 Å². The minimum atomic E-state index is -0.154. The van der Waals surface area contributed by atoms with Crippen molar-refractivity contribution >= 4 is 48.9 Å². The van der Waals surface area contributed by atoms with E-state index < -0.39 is 0 Å². The van der Waals surface area contributed by atoms with Crippen LogP contribution < -0.4 is 5.73 Å². The van der Waals surface area contributed by atoms with Gasteiger partial charge >= 0.3 is 0 Å². The maximum absolute atomic E-state index is 12.1. The van der Waals surface area contributed by atoms with Crippen molar-refractivity contribution < 1.29 is 9.90 Å². The minimum absolute atomic E-state index is 0.0570. The zero-order valence-electron chi connectivity index (χ0n) is 9.81. The maximum Gasteiger partial charge on any atom is 0.265 e. The fraction of sp³-hybridized carbons (Fsp3) is 0.250. The van der Waals surface area contributed by atoms with E-state index in [1.54, 1.807) is 7.05 Å². The lowest BCUT2D eigenvalue weighted by Crippen LogP contribution is -2.29. The molecule has 1 aromatic heterocycles. The van der Waals surface area contributed by atoms with Crippen LogP contribution in [0.1, 0.15) is 9.67 Å². The van der Waals surface area contributed by atoms with E-state index in [1.807, 2.05) is 18.2 Å². The first-order chi connectivity index (χ1) is 8.54. The molecule has 0 fully saturated rings. The molecule has 0 saturated carbocycles. The first kappa shape index (κ1) is 13.3. The zero-order valence-corrected chi connectivity index (χ0v) is 12.2. The second-order valence-corrected chi connectivity index (χ2v) is 5.90. The Hall–Kier alpha value is -1.11. The summed E-state index contributed by atoms with van der Waals surface area (Å²) in [5.74, 6) is -0.154. The van der Waals surface area contributed by atoms with Crippen molar-refractivity contribution in [1.82, 2.24) is 4.90 Å². The number of halogens is 1. The highest BCUT2D eigenvalue weighted by molar-refractivity contribution is 9.10. The molecule has 2 aromatic rings. The number of fused-ring (bicyclic) bond motifs is 1. The Morgan fingerprint density at radius 2 is 2.28 bits per heavy atom. The number of aliphatic hydroxyl groups excluding tert-OH is 1. The normalized spacial score (nSPS) is 10.8. The van der Waals surface area contributed by atoms with Crippen LogP contribution in [0.3, 0.4) is 0 Å². The predicted octanol–water partition coefficient (Wildman–Crippen LogP) is 2.31. The molecule has 0 unspecified atom stereocenters. The first-order valence-corrected chi connectivity index (χ1v) is 6.99. The molecule has 3 N–H and O–H groups in total. The van der Waals surface area contributed by atoms with Crippen molar-refractivity contribution in [3.63, 3.8) is 0 Å². The van der Waals surface area contributed by atoms with E-state index in [1.165, 1.54) is 16.2 Å². The summed E-state index contributed by atoms with van der Waals surface area (Å²) in [6.07, 6.45) is 0. The van der Waals surface area contributed by atoms with Gasteiger partial charge in [-0.25, -0.2) is 0 Å². The summed E-state index contributed by atoms with van der Waals surface area (Å²) in [6, 6.07) is 5.74. The lowest BCUT2D eigenvalue weighted by molar-refractivity contribution is 0.0772. The van der Waals surface area contributed by atoms with Crippen molar-refractivity contribution in [1.29, 1.82) is 0 Å². The Balaban J connectivity index is 2.45. The van der Waals surface area contributed by atoms with Gasteiger partial charge in [0.05, 0.1) is 12.3 Å². The number of nitrogens with zero attached hydrogens (tertiary/aromatic N) is 1. The summed E-state index contributed by atoms with van der Waals surface area (Å²) in [5.41, 5.74) is 6.52. The number of carbonyl (C=O) groups excluding carboxylic acids is 1. The number of thiophene rings is 1. The number of hydrogen-bond donors (Lipinski definition) is 2. The van der Waals surface area contributed by atoms with Gasteiger partial charge in [-0.2, -0.15) is 0 Å². The van der Waals surface area contributed by atoms with Gasteiger partial charge in [-0.1, -0.05) is 22.0 Å². The average molecular weight is 329 g/mol. The first-order valence-electron chi connectivity index (χ1n) is 5.38. The van der Waals surface area contributed by atoms with Crippen LogP contribution in [-0.2, 0) is 0 Å². The summed E-state index contributed by atoms with van der Waals surface area (Å²) < 4.78 is 1.93. The van der Waals surface area contributed by atoms with Crippen molar-refractivity contribution in [2.24, 2.45) is 0 Å². The molecule has 6 heteroatoms. The summed E-state index contributed by atoms with van der Waals surface area (Å²) in [7, 11) is 1.65. The maximum atomic E-state index is 12.1. The monoisotopic (exact) mass is 328 g/mol. The smallest absolute Gasteiger partial charge is 0.265 e. The molecule has 0 atom stereocenters. The number of carbonyl (C=O) groups is 1. The molecular formula is C12H13BrN2O2S. The highest BCUT2D eigenvalue weighted by atomic mass is 79.9. The Kier molecular flexibility index (Phi) is 3.89. The number of nitrogens with two attached hydrogens (primary N) is 1. The number of amides is 1. The highest BCUT2D eigenvalue weighted by Gasteiger charge is 2.19. The fourth-order valence-corrected chi connectivity index (χ4v) is 3.34.